The fourth-order valence-electron chi connectivity index (χ4n) is 5.19. The van der Waals surface area contributed by atoms with Crippen LogP contribution in [0.1, 0.15) is 40.2 Å². The van der Waals surface area contributed by atoms with Gasteiger partial charge in [-0.25, -0.2) is 14.8 Å². The van der Waals surface area contributed by atoms with Crippen LogP contribution >= 0.6 is 11.6 Å². The standard InChI is InChI=1S/C29H27ClF3N9O6/c1-3-19-24(39-8-10-40(11-9-39)26(47)23-25(46)15(2)34-14-35-23)27(48)42-28(37-20(38-42)6-7-22(44)45)41(19)13-21(43)36-18-5-4-16(12-17(18)30)29(31,32)33/h4-7,12,14,46H,3,8-11,13H2,1-2H3,(H,36,43)(H,44,45)/b7-6+. The number of aromatic hydroxyl groups is 1. The van der Waals surface area contributed by atoms with Crippen molar-refractivity contribution < 1.29 is 37.8 Å². The van der Waals surface area contributed by atoms with Gasteiger partial charge >= 0.3 is 12.1 Å². The van der Waals surface area contributed by atoms with Crippen LogP contribution in [0.25, 0.3) is 11.9 Å². The first-order valence-electron chi connectivity index (χ1n) is 14.3. The summed E-state index contributed by atoms with van der Waals surface area (Å²) in [6.07, 6.45) is -1.42. The molecule has 4 heterocycles. The molecule has 1 fully saturated rings. The van der Waals surface area contributed by atoms with Crippen LogP contribution < -0.4 is 15.8 Å². The number of hydrogen-bond donors (Lipinski definition) is 3. The number of anilines is 2. The molecule has 0 saturated carbocycles. The monoisotopic (exact) mass is 689 g/mol. The second kappa shape index (κ2) is 13.3. The Kier molecular flexibility index (Phi) is 9.38. The highest BCUT2D eigenvalue weighted by atomic mass is 35.5. The molecule has 0 unspecified atom stereocenters. The van der Waals surface area contributed by atoms with E-state index in [4.69, 9.17) is 16.7 Å². The Labute approximate surface area is 273 Å². The molecule has 1 saturated heterocycles. The Bertz CT molecular complexity index is 2020. The van der Waals surface area contributed by atoms with Crippen LogP contribution in [0, 0.1) is 6.92 Å². The molecule has 252 valence electrons. The van der Waals surface area contributed by atoms with Gasteiger partial charge in [0.1, 0.15) is 18.6 Å². The van der Waals surface area contributed by atoms with Crippen LogP contribution in [0.2, 0.25) is 5.02 Å². The maximum absolute atomic E-state index is 13.9. The number of carbonyl (C=O) groups is 3. The number of piperazine rings is 1. The predicted octanol–water partition coefficient (Wildman–Crippen LogP) is 2.63. The summed E-state index contributed by atoms with van der Waals surface area (Å²) < 4.78 is 41.7. The van der Waals surface area contributed by atoms with Gasteiger partial charge in [0.05, 0.1) is 27.7 Å². The average Bonchev–Trinajstić information content (AvgIpc) is 3.48. The number of carboxylic acid groups (broad SMARTS) is 1. The van der Waals surface area contributed by atoms with Crippen molar-refractivity contribution in [1.29, 1.82) is 0 Å². The molecule has 2 amide bonds. The molecule has 0 atom stereocenters. The molecular weight excluding hydrogens is 663 g/mol. The summed E-state index contributed by atoms with van der Waals surface area (Å²) in [4.78, 5) is 66.6. The molecular formula is C29H27ClF3N9O6. The van der Waals surface area contributed by atoms with Gasteiger partial charge < -0.3 is 29.9 Å². The molecule has 0 radical (unpaired) electrons. The van der Waals surface area contributed by atoms with E-state index < -0.39 is 41.6 Å². The van der Waals surface area contributed by atoms with Crippen LogP contribution in [0.3, 0.4) is 0 Å². The topological polar surface area (TPSA) is 188 Å². The SMILES string of the molecule is CCc1c(N2CCN(C(=O)c3ncnc(C)c3O)CC2)c(=O)n2nc(/C=C/C(=O)O)nc2n1CC(=O)Nc1ccc(C(F)(F)F)cc1Cl. The zero-order valence-electron chi connectivity index (χ0n) is 25.3. The van der Waals surface area contributed by atoms with E-state index in [0.717, 1.165) is 28.8 Å². The van der Waals surface area contributed by atoms with E-state index in [0.29, 0.717) is 11.8 Å². The molecule has 1 aliphatic heterocycles. The third kappa shape index (κ3) is 6.78. The molecule has 15 nitrogen and oxygen atoms in total. The lowest BCUT2D eigenvalue weighted by molar-refractivity contribution is -0.137. The molecule has 0 spiro atoms. The lowest BCUT2D eigenvalue weighted by atomic mass is 10.2. The van der Waals surface area contributed by atoms with E-state index in [1.54, 1.807) is 11.8 Å². The van der Waals surface area contributed by atoms with Crippen molar-refractivity contribution in [2.24, 2.45) is 0 Å². The van der Waals surface area contributed by atoms with Crippen LogP contribution in [0.4, 0.5) is 24.5 Å². The lowest BCUT2D eigenvalue weighted by Crippen LogP contribution is -2.51. The molecule has 0 bridgehead atoms. The molecule has 19 heteroatoms. The number of amides is 2. The number of aromatic nitrogens is 6. The van der Waals surface area contributed by atoms with Crippen molar-refractivity contribution in [1.82, 2.24) is 34.0 Å². The number of alkyl halides is 3. The normalized spacial score (nSPS) is 13.8. The molecule has 5 rings (SSSR count). The molecule has 48 heavy (non-hydrogen) atoms. The van der Waals surface area contributed by atoms with Crippen molar-refractivity contribution in [3.05, 3.63) is 74.4 Å². The number of carbonyl (C=O) groups excluding carboxylic acids is 2. The van der Waals surface area contributed by atoms with Gasteiger partial charge in [-0.2, -0.15) is 22.7 Å². The van der Waals surface area contributed by atoms with E-state index in [-0.39, 0.29) is 77.7 Å². The summed E-state index contributed by atoms with van der Waals surface area (Å²) in [6.45, 7) is 3.39. The number of carboxylic acids is 1. The average molecular weight is 690 g/mol. The molecule has 0 aliphatic carbocycles. The summed E-state index contributed by atoms with van der Waals surface area (Å²) in [5.41, 5.74) is -1.11. The molecule has 1 aliphatic rings. The highest BCUT2D eigenvalue weighted by molar-refractivity contribution is 6.33. The predicted molar refractivity (Wildman–Crippen MR) is 165 cm³/mol. The van der Waals surface area contributed by atoms with Crippen LogP contribution in [-0.4, -0.2) is 88.2 Å². The Balaban J connectivity index is 1.50. The second-order valence-corrected chi connectivity index (χ2v) is 11.0. The van der Waals surface area contributed by atoms with Crippen molar-refractivity contribution >= 4 is 52.6 Å². The van der Waals surface area contributed by atoms with Gasteiger partial charge in [0.25, 0.3) is 11.5 Å². The smallest absolute Gasteiger partial charge is 0.416 e. The summed E-state index contributed by atoms with van der Waals surface area (Å²) in [5.74, 6) is -3.09. The third-order valence-corrected chi connectivity index (χ3v) is 7.83. The highest BCUT2D eigenvalue weighted by Crippen LogP contribution is 2.34. The number of fused-ring (bicyclic) bond motifs is 1. The number of nitrogens with one attached hydrogen (secondary N) is 1. The Morgan fingerprint density at radius 3 is 2.46 bits per heavy atom. The first-order chi connectivity index (χ1) is 22.7. The van der Waals surface area contributed by atoms with Gasteiger partial charge in [0.2, 0.25) is 11.7 Å². The van der Waals surface area contributed by atoms with E-state index in [9.17, 15) is 37.5 Å². The van der Waals surface area contributed by atoms with Crippen LogP contribution in [0.5, 0.6) is 5.75 Å². The van der Waals surface area contributed by atoms with Gasteiger partial charge in [-0.15, -0.1) is 5.10 Å². The van der Waals surface area contributed by atoms with Gasteiger partial charge in [-0.05, 0) is 37.6 Å². The number of rotatable bonds is 8. The minimum atomic E-state index is -4.64. The minimum absolute atomic E-state index is 0.0812. The van der Waals surface area contributed by atoms with Gasteiger partial charge in [-0.1, -0.05) is 18.5 Å². The first-order valence-corrected chi connectivity index (χ1v) is 14.7. The maximum atomic E-state index is 13.9. The summed E-state index contributed by atoms with van der Waals surface area (Å²) in [7, 11) is 0. The van der Waals surface area contributed by atoms with E-state index >= 15 is 0 Å². The summed E-state index contributed by atoms with van der Waals surface area (Å²) >= 11 is 6.04. The van der Waals surface area contributed by atoms with Crippen LogP contribution in [0.15, 0.2) is 35.4 Å². The number of nitrogens with zero attached hydrogens (tertiary/aromatic N) is 8. The quantitative estimate of drug-likeness (QED) is 0.231. The third-order valence-electron chi connectivity index (χ3n) is 7.51. The van der Waals surface area contributed by atoms with Gasteiger partial charge in [0, 0.05) is 32.3 Å². The van der Waals surface area contributed by atoms with Gasteiger partial charge in [-0.3, -0.25) is 14.4 Å². The zero-order valence-corrected chi connectivity index (χ0v) is 26.1. The van der Waals surface area contributed by atoms with E-state index in [2.05, 4.69) is 25.4 Å². The van der Waals surface area contributed by atoms with Crippen LogP contribution in [-0.2, 0) is 28.7 Å². The number of hydrogen-bond acceptors (Lipinski definition) is 10. The lowest BCUT2D eigenvalue weighted by Gasteiger charge is -2.36. The second-order valence-electron chi connectivity index (χ2n) is 10.6. The molecule has 3 N–H and O–H groups in total. The fraction of sp³-hybridized carbons (Fsp3) is 0.310. The number of aryl methyl sites for hydroxylation is 1. The molecule has 1 aromatic carbocycles. The number of aliphatic carboxylic acids is 1. The Hall–Kier alpha value is -5.52. The Morgan fingerprint density at radius 2 is 1.83 bits per heavy atom. The van der Waals surface area contributed by atoms with Gasteiger partial charge in [0.15, 0.2) is 17.3 Å². The van der Waals surface area contributed by atoms with Crippen molar-refractivity contribution in [2.75, 3.05) is 36.4 Å². The van der Waals surface area contributed by atoms with E-state index in [1.807, 2.05) is 0 Å². The summed E-state index contributed by atoms with van der Waals surface area (Å²) in [5, 5.41) is 25.6. The van der Waals surface area contributed by atoms with E-state index in [1.165, 1.54) is 22.7 Å². The zero-order chi connectivity index (χ0) is 34.9. The van der Waals surface area contributed by atoms with Crippen molar-refractivity contribution in [3.8, 4) is 5.75 Å². The largest absolute Gasteiger partial charge is 0.504 e. The highest BCUT2D eigenvalue weighted by Gasteiger charge is 2.32. The number of benzene rings is 1. The van der Waals surface area contributed by atoms with Crippen molar-refractivity contribution in [2.45, 2.75) is 33.0 Å². The molecule has 4 aromatic rings. The number of halogens is 4. The summed E-state index contributed by atoms with van der Waals surface area (Å²) in [6, 6.07) is 2.47. The minimum Gasteiger partial charge on any atom is -0.504 e. The maximum Gasteiger partial charge on any atom is 0.416 e. The molecule has 3 aromatic heterocycles. The van der Waals surface area contributed by atoms with Crippen molar-refractivity contribution in [3.63, 3.8) is 0 Å². The first kappa shape index (κ1) is 33.8. The fourth-order valence-corrected chi connectivity index (χ4v) is 5.42. The Morgan fingerprint density at radius 1 is 1.12 bits per heavy atom.